The van der Waals surface area contributed by atoms with E-state index in [-0.39, 0.29) is 0 Å². The van der Waals surface area contributed by atoms with Gasteiger partial charge >= 0.3 is 0 Å². The van der Waals surface area contributed by atoms with Gasteiger partial charge in [0.1, 0.15) is 5.75 Å². The van der Waals surface area contributed by atoms with Crippen LogP contribution in [0.2, 0.25) is 0 Å². The van der Waals surface area contributed by atoms with Crippen LogP contribution in [0.25, 0.3) is 5.69 Å². The molecule has 0 aliphatic carbocycles. The van der Waals surface area contributed by atoms with Crippen molar-refractivity contribution in [3.63, 3.8) is 0 Å². The summed E-state index contributed by atoms with van der Waals surface area (Å²) in [6.45, 7) is 8.19. The molecule has 3 rings (SSSR count). The Hall–Kier alpha value is -3.28. The van der Waals surface area contributed by atoms with E-state index < -0.39 is 0 Å². The number of aromatic nitrogens is 2. The fourth-order valence-electron chi connectivity index (χ4n) is 3.27. The molecule has 0 aliphatic heterocycles. The van der Waals surface area contributed by atoms with Gasteiger partial charge in [-0.05, 0) is 62.6 Å². The lowest BCUT2D eigenvalue weighted by atomic mass is 10.1. The average Bonchev–Trinajstić information content (AvgIpc) is 3.04. The molecule has 3 N–H and O–H groups in total. The highest BCUT2D eigenvalue weighted by Crippen LogP contribution is 2.18. The van der Waals surface area contributed by atoms with E-state index in [1.54, 1.807) is 12.1 Å². The van der Waals surface area contributed by atoms with Gasteiger partial charge in [0.2, 0.25) is 0 Å². The Morgan fingerprint density at radius 1 is 1.07 bits per heavy atom. The molecule has 1 heterocycles. The molecule has 2 aromatic carbocycles. The van der Waals surface area contributed by atoms with Crippen LogP contribution in [0.4, 0.5) is 0 Å². The maximum atomic E-state index is 9.59. The van der Waals surface area contributed by atoms with Crippen LogP contribution in [0, 0.1) is 13.8 Å². The minimum absolute atomic E-state index is 0.295. The number of rotatable bonds is 7. The van der Waals surface area contributed by atoms with Gasteiger partial charge in [-0.25, -0.2) is 9.67 Å². The normalized spacial score (nSPS) is 11.5. The fraction of sp³-hybridized carbons (Fsp3) is 0.304. The number of nitrogens with one attached hydrogen (secondary N) is 2. The van der Waals surface area contributed by atoms with Crippen LogP contribution in [0.15, 0.2) is 59.6 Å². The summed E-state index contributed by atoms with van der Waals surface area (Å²) in [5.74, 6) is 1.07. The van der Waals surface area contributed by atoms with E-state index >= 15 is 0 Å². The zero-order valence-corrected chi connectivity index (χ0v) is 17.3. The number of guanidine groups is 1. The van der Waals surface area contributed by atoms with E-state index in [9.17, 15) is 5.11 Å². The third-order valence-corrected chi connectivity index (χ3v) is 4.60. The van der Waals surface area contributed by atoms with E-state index in [0.29, 0.717) is 12.3 Å². The van der Waals surface area contributed by atoms with Crippen molar-refractivity contribution in [2.45, 2.75) is 33.7 Å². The van der Waals surface area contributed by atoms with Gasteiger partial charge in [-0.15, -0.1) is 0 Å². The predicted molar refractivity (Wildman–Crippen MR) is 118 cm³/mol. The minimum Gasteiger partial charge on any atom is -0.508 e. The highest BCUT2D eigenvalue weighted by Gasteiger charge is 2.08. The van der Waals surface area contributed by atoms with E-state index in [0.717, 1.165) is 53.7 Å². The number of aliphatic imine (C=N–C) groups is 1. The van der Waals surface area contributed by atoms with Crippen LogP contribution >= 0.6 is 0 Å². The molecule has 6 nitrogen and oxygen atoms in total. The number of aromatic hydroxyl groups is 1. The molecule has 0 amide bonds. The maximum Gasteiger partial charge on any atom is 0.191 e. The lowest BCUT2D eigenvalue weighted by molar-refractivity contribution is 0.474. The Bertz CT molecular complexity index is 977. The van der Waals surface area contributed by atoms with Gasteiger partial charge < -0.3 is 15.7 Å². The molecule has 29 heavy (non-hydrogen) atoms. The Morgan fingerprint density at radius 3 is 2.62 bits per heavy atom. The van der Waals surface area contributed by atoms with E-state index in [1.807, 2.05) is 35.9 Å². The molecule has 0 aliphatic rings. The molecule has 152 valence electrons. The van der Waals surface area contributed by atoms with Gasteiger partial charge in [0.25, 0.3) is 0 Å². The van der Waals surface area contributed by atoms with Crippen molar-refractivity contribution in [1.29, 1.82) is 0 Å². The highest BCUT2D eigenvalue weighted by molar-refractivity contribution is 5.79. The third kappa shape index (κ3) is 5.60. The third-order valence-electron chi connectivity index (χ3n) is 4.60. The molecule has 0 radical (unpaired) electrons. The van der Waals surface area contributed by atoms with E-state index in [2.05, 4.69) is 47.8 Å². The molecular formula is C23H29N5O. The predicted octanol–water partition coefficient (Wildman–Crippen LogP) is 3.49. The number of hydrogen-bond acceptors (Lipinski definition) is 3. The van der Waals surface area contributed by atoms with Gasteiger partial charge in [-0.3, -0.25) is 0 Å². The summed E-state index contributed by atoms with van der Waals surface area (Å²) in [5.41, 5.74) is 5.36. The van der Waals surface area contributed by atoms with Crippen LogP contribution in [-0.4, -0.2) is 33.9 Å². The topological polar surface area (TPSA) is 74.5 Å². The lowest BCUT2D eigenvalue weighted by Gasteiger charge is -2.13. The Labute approximate surface area is 172 Å². The molecule has 0 atom stereocenters. The van der Waals surface area contributed by atoms with E-state index in [1.165, 1.54) is 0 Å². The van der Waals surface area contributed by atoms with Crippen LogP contribution < -0.4 is 10.6 Å². The van der Waals surface area contributed by atoms with Crippen LogP contribution in [-0.2, 0) is 13.0 Å². The summed E-state index contributed by atoms with van der Waals surface area (Å²) in [7, 11) is 0. The summed E-state index contributed by atoms with van der Waals surface area (Å²) >= 11 is 0. The van der Waals surface area contributed by atoms with Gasteiger partial charge in [-0.1, -0.05) is 30.3 Å². The molecule has 0 bridgehead atoms. The lowest BCUT2D eigenvalue weighted by Crippen LogP contribution is -2.38. The number of nitrogens with zero attached hydrogens (tertiary/aromatic N) is 3. The minimum atomic E-state index is 0.295. The van der Waals surface area contributed by atoms with Crippen molar-refractivity contribution in [3.05, 3.63) is 77.1 Å². The number of hydrogen-bond donors (Lipinski definition) is 3. The molecule has 6 heteroatoms. The van der Waals surface area contributed by atoms with Crippen LogP contribution in [0.5, 0.6) is 5.75 Å². The fourth-order valence-corrected chi connectivity index (χ4v) is 3.27. The van der Waals surface area contributed by atoms with Crippen LogP contribution in [0.3, 0.4) is 0 Å². The first-order valence-corrected chi connectivity index (χ1v) is 9.98. The van der Waals surface area contributed by atoms with E-state index in [4.69, 9.17) is 4.99 Å². The van der Waals surface area contributed by atoms with Gasteiger partial charge in [0.15, 0.2) is 5.96 Å². The summed E-state index contributed by atoms with van der Waals surface area (Å²) in [6.07, 6.45) is 0.807. The Kier molecular flexibility index (Phi) is 6.89. The molecule has 1 aromatic heterocycles. The SMILES string of the molecule is CCNC(=NCc1ccccc1-n1nc(C)cc1C)NCCc1cccc(O)c1. The van der Waals surface area contributed by atoms with Gasteiger partial charge in [-0.2, -0.15) is 5.10 Å². The Balaban J connectivity index is 1.69. The van der Waals surface area contributed by atoms with Crippen molar-refractivity contribution < 1.29 is 5.11 Å². The number of benzene rings is 2. The molecule has 0 saturated heterocycles. The zero-order chi connectivity index (χ0) is 20.6. The second-order valence-corrected chi connectivity index (χ2v) is 7.01. The first-order chi connectivity index (χ1) is 14.1. The first kappa shape index (κ1) is 20.5. The highest BCUT2D eigenvalue weighted by atomic mass is 16.3. The summed E-state index contributed by atoms with van der Waals surface area (Å²) < 4.78 is 1.97. The number of aryl methyl sites for hydroxylation is 2. The van der Waals surface area contributed by atoms with Gasteiger partial charge in [0, 0.05) is 18.8 Å². The summed E-state index contributed by atoms with van der Waals surface area (Å²) in [4.78, 5) is 4.76. The largest absolute Gasteiger partial charge is 0.508 e. The molecule has 0 saturated carbocycles. The molecular weight excluding hydrogens is 362 g/mol. The van der Waals surface area contributed by atoms with Crippen LogP contribution in [0.1, 0.15) is 29.4 Å². The van der Waals surface area contributed by atoms with Crippen molar-refractivity contribution in [3.8, 4) is 11.4 Å². The standard InChI is InChI=1S/C23H29N5O/c1-4-24-23(25-13-12-19-8-7-10-21(29)15-19)26-16-20-9-5-6-11-22(20)28-18(3)14-17(2)27-28/h5-11,14-15,29H,4,12-13,16H2,1-3H3,(H2,24,25,26). The molecule has 0 fully saturated rings. The van der Waals surface area contributed by atoms with Crippen molar-refractivity contribution >= 4 is 5.96 Å². The molecule has 0 spiro atoms. The average molecular weight is 392 g/mol. The number of para-hydroxylation sites is 1. The van der Waals surface area contributed by atoms with Gasteiger partial charge in [0.05, 0.1) is 17.9 Å². The summed E-state index contributed by atoms with van der Waals surface area (Å²) in [6, 6.07) is 17.6. The van der Waals surface area contributed by atoms with Crippen molar-refractivity contribution in [1.82, 2.24) is 20.4 Å². The molecule has 0 unspecified atom stereocenters. The monoisotopic (exact) mass is 391 g/mol. The second kappa shape index (κ2) is 9.78. The number of phenols is 1. The molecule has 3 aromatic rings. The quantitative estimate of drug-likeness (QED) is 0.426. The first-order valence-electron chi connectivity index (χ1n) is 9.98. The van der Waals surface area contributed by atoms with Crippen molar-refractivity contribution in [2.24, 2.45) is 4.99 Å². The number of phenolic OH excluding ortho intramolecular Hbond substituents is 1. The maximum absolute atomic E-state index is 9.59. The smallest absolute Gasteiger partial charge is 0.191 e. The Morgan fingerprint density at radius 2 is 1.90 bits per heavy atom. The second-order valence-electron chi connectivity index (χ2n) is 7.01. The van der Waals surface area contributed by atoms with Crippen molar-refractivity contribution in [2.75, 3.05) is 13.1 Å². The summed E-state index contributed by atoms with van der Waals surface area (Å²) in [5, 5.41) is 20.9. The zero-order valence-electron chi connectivity index (χ0n) is 17.3.